The smallest absolute Gasteiger partial charge is 0.127 e. The highest BCUT2D eigenvalue weighted by atomic mass is 16.5. The number of imidazole rings is 1. The maximum absolute atomic E-state index is 6.18. The molecule has 1 saturated heterocycles. The minimum Gasteiger partial charge on any atom is -0.375 e. The number of nitrogens with zero attached hydrogens (tertiary/aromatic N) is 2. The van der Waals surface area contributed by atoms with Gasteiger partial charge in [0.2, 0.25) is 0 Å². The van der Waals surface area contributed by atoms with Crippen molar-refractivity contribution in [2.45, 2.75) is 56.6 Å². The maximum atomic E-state index is 6.18. The Morgan fingerprint density at radius 3 is 2.90 bits per heavy atom. The van der Waals surface area contributed by atoms with E-state index in [1.807, 2.05) is 19.4 Å². The zero-order chi connectivity index (χ0) is 14.0. The van der Waals surface area contributed by atoms with Gasteiger partial charge in [0.15, 0.2) is 0 Å². The molecule has 1 spiro atoms. The van der Waals surface area contributed by atoms with Gasteiger partial charge in [-0.1, -0.05) is 19.3 Å². The summed E-state index contributed by atoms with van der Waals surface area (Å²) >= 11 is 0. The van der Waals surface area contributed by atoms with Crippen molar-refractivity contribution in [3.63, 3.8) is 0 Å². The molecule has 1 saturated carbocycles. The zero-order valence-corrected chi connectivity index (χ0v) is 12.3. The van der Waals surface area contributed by atoms with E-state index in [4.69, 9.17) is 10.6 Å². The summed E-state index contributed by atoms with van der Waals surface area (Å²) in [5.41, 5.74) is 3.11. The van der Waals surface area contributed by atoms with Crippen molar-refractivity contribution < 1.29 is 4.74 Å². The van der Waals surface area contributed by atoms with E-state index >= 15 is 0 Å². The summed E-state index contributed by atoms with van der Waals surface area (Å²) in [5.74, 6) is 7.38. The summed E-state index contributed by atoms with van der Waals surface area (Å²) < 4.78 is 8.25. The van der Waals surface area contributed by atoms with Crippen LogP contribution in [0.3, 0.4) is 0 Å². The summed E-state index contributed by atoms with van der Waals surface area (Å²) in [6, 6.07) is 0.123. The molecule has 1 aromatic heterocycles. The third kappa shape index (κ3) is 2.62. The van der Waals surface area contributed by atoms with E-state index in [2.05, 4.69) is 15.0 Å². The molecule has 1 aliphatic carbocycles. The number of rotatable bonds is 3. The molecule has 5 heteroatoms. The van der Waals surface area contributed by atoms with Crippen LogP contribution in [-0.4, -0.2) is 21.8 Å². The van der Waals surface area contributed by atoms with Crippen molar-refractivity contribution in [3.8, 4) is 0 Å². The quantitative estimate of drug-likeness (QED) is 0.656. The average molecular weight is 278 g/mol. The summed E-state index contributed by atoms with van der Waals surface area (Å²) in [5, 5.41) is 0. The van der Waals surface area contributed by atoms with Crippen LogP contribution in [-0.2, 0) is 11.8 Å². The number of nitrogens with one attached hydrogen (secondary N) is 1. The van der Waals surface area contributed by atoms with Crippen molar-refractivity contribution in [2.75, 3.05) is 6.61 Å². The average Bonchev–Trinajstić information content (AvgIpc) is 2.87. The molecule has 2 fully saturated rings. The Balaban J connectivity index is 1.76. The van der Waals surface area contributed by atoms with E-state index in [0.29, 0.717) is 5.92 Å². The lowest BCUT2D eigenvalue weighted by molar-refractivity contribution is -0.122. The van der Waals surface area contributed by atoms with Crippen LogP contribution in [0.5, 0.6) is 0 Å². The maximum Gasteiger partial charge on any atom is 0.127 e. The largest absolute Gasteiger partial charge is 0.375 e. The van der Waals surface area contributed by atoms with Crippen molar-refractivity contribution in [1.82, 2.24) is 15.0 Å². The molecule has 112 valence electrons. The summed E-state index contributed by atoms with van der Waals surface area (Å²) in [6.45, 7) is 0.854. The Bertz CT molecular complexity index is 433. The Hall–Kier alpha value is -0.910. The van der Waals surface area contributed by atoms with E-state index in [1.54, 1.807) is 0 Å². The molecule has 20 heavy (non-hydrogen) atoms. The van der Waals surface area contributed by atoms with Crippen LogP contribution in [0, 0.1) is 5.92 Å². The standard InChI is InChI=1S/C15H26N4O/c1-19-9-8-17-14(19)13(18-16)12-5-10-20-15(11-12)6-3-2-4-7-15/h8-9,12-13,18H,2-7,10-11,16H2,1H3. The van der Waals surface area contributed by atoms with Crippen LogP contribution in [0.1, 0.15) is 56.8 Å². The monoisotopic (exact) mass is 278 g/mol. The summed E-state index contributed by atoms with van der Waals surface area (Å²) in [6.07, 6.45) is 12.4. The fourth-order valence-corrected chi connectivity index (χ4v) is 3.99. The molecule has 1 aromatic rings. The molecule has 1 aliphatic heterocycles. The fourth-order valence-electron chi connectivity index (χ4n) is 3.99. The van der Waals surface area contributed by atoms with Gasteiger partial charge in [-0.2, -0.15) is 0 Å². The second-order valence-corrected chi connectivity index (χ2v) is 6.39. The van der Waals surface area contributed by atoms with Gasteiger partial charge in [0, 0.05) is 26.0 Å². The minimum atomic E-state index is 0.113. The van der Waals surface area contributed by atoms with Gasteiger partial charge in [-0.25, -0.2) is 10.4 Å². The lowest BCUT2D eigenvalue weighted by Crippen LogP contribution is -2.46. The first-order valence-electron chi connectivity index (χ1n) is 7.81. The van der Waals surface area contributed by atoms with Crippen molar-refractivity contribution in [2.24, 2.45) is 18.8 Å². The molecule has 2 unspecified atom stereocenters. The van der Waals surface area contributed by atoms with Gasteiger partial charge in [-0.05, 0) is 31.6 Å². The molecular weight excluding hydrogens is 252 g/mol. The number of hydrogen-bond donors (Lipinski definition) is 2. The van der Waals surface area contributed by atoms with Crippen LogP contribution in [0.25, 0.3) is 0 Å². The highest BCUT2D eigenvalue weighted by molar-refractivity contribution is 5.03. The third-order valence-corrected chi connectivity index (χ3v) is 5.08. The van der Waals surface area contributed by atoms with Gasteiger partial charge in [-0.3, -0.25) is 5.84 Å². The van der Waals surface area contributed by atoms with Gasteiger partial charge in [0.05, 0.1) is 11.6 Å². The zero-order valence-electron chi connectivity index (χ0n) is 12.3. The molecule has 3 rings (SSSR count). The normalized spacial score (nSPS) is 27.6. The van der Waals surface area contributed by atoms with Gasteiger partial charge in [-0.15, -0.1) is 0 Å². The molecule has 2 atom stereocenters. The van der Waals surface area contributed by atoms with Crippen LogP contribution in [0.15, 0.2) is 12.4 Å². The van der Waals surface area contributed by atoms with Crippen molar-refractivity contribution >= 4 is 0 Å². The van der Waals surface area contributed by atoms with E-state index in [-0.39, 0.29) is 11.6 Å². The van der Waals surface area contributed by atoms with E-state index in [1.165, 1.54) is 32.1 Å². The van der Waals surface area contributed by atoms with Crippen LogP contribution in [0.2, 0.25) is 0 Å². The Labute approximate surface area is 120 Å². The fraction of sp³-hybridized carbons (Fsp3) is 0.800. The Kier molecular flexibility index (Phi) is 4.10. The summed E-state index contributed by atoms with van der Waals surface area (Å²) in [7, 11) is 2.03. The first-order chi connectivity index (χ1) is 9.74. The third-order valence-electron chi connectivity index (χ3n) is 5.08. The molecule has 5 nitrogen and oxygen atoms in total. The first kappa shape index (κ1) is 14.0. The highest BCUT2D eigenvalue weighted by Gasteiger charge is 2.41. The lowest BCUT2D eigenvalue weighted by Gasteiger charge is -2.45. The highest BCUT2D eigenvalue weighted by Crippen LogP contribution is 2.43. The lowest BCUT2D eigenvalue weighted by atomic mass is 9.74. The molecule has 0 amide bonds. The molecule has 0 aromatic carbocycles. The van der Waals surface area contributed by atoms with Gasteiger partial charge < -0.3 is 9.30 Å². The van der Waals surface area contributed by atoms with Crippen molar-refractivity contribution in [3.05, 3.63) is 18.2 Å². The predicted octanol–water partition coefficient (Wildman–Crippen LogP) is 2.05. The number of aryl methyl sites for hydroxylation is 1. The van der Waals surface area contributed by atoms with Crippen molar-refractivity contribution in [1.29, 1.82) is 0 Å². The van der Waals surface area contributed by atoms with Gasteiger partial charge >= 0.3 is 0 Å². The number of hydrazine groups is 1. The van der Waals surface area contributed by atoms with Crippen LogP contribution >= 0.6 is 0 Å². The Morgan fingerprint density at radius 1 is 1.45 bits per heavy atom. The SMILES string of the molecule is Cn1ccnc1C(NN)C1CCOC2(CCCCC2)C1. The first-order valence-corrected chi connectivity index (χ1v) is 7.81. The van der Waals surface area contributed by atoms with E-state index in [9.17, 15) is 0 Å². The van der Waals surface area contributed by atoms with E-state index in [0.717, 1.165) is 25.3 Å². The van der Waals surface area contributed by atoms with Crippen LogP contribution in [0.4, 0.5) is 0 Å². The molecule has 0 bridgehead atoms. The molecule has 0 radical (unpaired) electrons. The summed E-state index contributed by atoms with van der Waals surface area (Å²) in [4.78, 5) is 4.48. The Morgan fingerprint density at radius 2 is 2.25 bits per heavy atom. The molecule has 2 heterocycles. The molecule has 3 N–H and O–H groups in total. The second kappa shape index (κ2) is 5.84. The minimum absolute atomic E-state index is 0.113. The van der Waals surface area contributed by atoms with Crippen LogP contribution < -0.4 is 11.3 Å². The van der Waals surface area contributed by atoms with Gasteiger partial charge in [0.25, 0.3) is 0 Å². The second-order valence-electron chi connectivity index (χ2n) is 6.39. The van der Waals surface area contributed by atoms with E-state index < -0.39 is 0 Å². The molecular formula is C15H26N4O. The number of nitrogens with two attached hydrogens (primary N) is 1. The number of hydrogen-bond acceptors (Lipinski definition) is 4. The molecule has 2 aliphatic rings. The topological polar surface area (TPSA) is 65.1 Å². The van der Waals surface area contributed by atoms with Gasteiger partial charge in [0.1, 0.15) is 5.82 Å². The predicted molar refractivity (Wildman–Crippen MR) is 77.8 cm³/mol. The number of aromatic nitrogens is 2. The number of ether oxygens (including phenoxy) is 1.